The van der Waals surface area contributed by atoms with E-state index in [9.17, 15) is 76.4 Å². The summed E-state index contributed by atoms with van der Waals surface area (Å²) < 4.78 is 235. The van der Waals surface area contributed by atoms with Crippen LogP contribution >= 0.6 is 39.1 Å². The Bertz CT molecular complexity index is 6490. The normalized spacial score (nSPS) is 17.6. The highest BCUT2D eigenvalue weighted by Crippen LogP contribution is 2.69. The van der Waals surface area contributed by atoms with Gasteiger partial charge in [0.2, 0.25) is 31.9 Å². The molecule has 2 amide bonds. The molecule has 0 aliphatic heterocycles. The van der Waals surface area contributed by atoms with E-state index < -0.39 is 175 Å². The lowest BCUT2D eigenvalue weighted by molar-refractivity contribution is -0.123. The van der Waals surface area contributed by atoms with Crippen LogP contribution in [0.5, 0.6) is 0 Å². The van der Waals surface area contributed by atoms with E-state index in [-0.39, 0.29) is 129 Å². The number of nitriles is 1. The molecule has 12 aromatic rings. The minimum Gasteiger partial charge on any atom is -0.344 e. The Labute approximate surface area is 644 Å². The number of fused-ring (bicyclic) bond motifs is 10. The number of aromatic nitrogens is 14. The Kier molecular flexibility index (Phi) is 19.1. The van der Waals surface area contributed by atoms with Crippen molar-refractivity contribution in [2.24, 2.45) is 25.9 Å². The first-order chi connectivity index (χ1) is 53.2. The van der Waals surface area contributed by atoms with Gasteiger partial charge in [-0.1, -0.05) is 23.2 Å². The molecule has 8 heterocycles. The van der Waals surface area contributed by atoms with Gasteiger partial charge in [-0.3, -0.25) is 56.5 Å². The van der Waals surface area contributed by atoms with E-state index in [1.54, 1.807) is 0 Å². The smallest absolute Gasteiger partial charge is 0.293 e. The maximum atomic E-state index is 15.4. The summed E-state index contributed by atoms with van der Waals surface area (Å²) in [6.45, 7) is -1.98. The summed E-state index contributed by atoms with van der Waals surface area (Å²) in [6, 6.07) is 11.9. The van der Waals surface area contributed by atoms with Crippen LogP contribution < -0.4 is 31.2 Å². The molecular formula is C69H50BrCl2F12N19O8S2. The Morgan fingerprint density at radius 3 is 1.37 bits per heavy atom. The van der Waals surface area contributed by atoms with Gasteiger partial charge in [-0.15, -0.1) is 0 Å². The number of carbonyl (C=O) groups is 2. The van der Waals surface area contributed by atoms with Crippen molar-refractivity contribution in [3.05, 3.63) is 206 Å². The minimum atomic E-state index is -3.92. The maximum Gasteiger partial charge on any atom is 0.293 e. The second kappa shape index (κ2) is 28.0. The molecule has 2 unspecified atom stereocenters. The van der Waals surface area contributed by atoms with Crippen LogP contribution in [0.15, 0.2) is 99.3 Å². The number of hydrogen-bond donors (Lipinski definition) is 4. The van der Waals surface area contributed by atoms with Gasteiger partial charge >= 0.3 is 0 Å². The second-order valence-corrected chi connectivity index (χ2v) is 32.5. The summed E-state index contributed by atoms with van der Waals surface area (Å²) in [6.07, 6.45) is -3.16. The molecule has 0 saturated heterocycles. The van der Waals surface area contributed by atoms with E-state index in [0.29, 0.717) is 26.0 Å². The Hall–Kier alpha value is -11.0. The van der Waals surface area contributed by atoms with Crippen molar-refractivity contribution >= 4 is 127 Å². The number of carbonyl (C=O) groups excluding carboxylic acids is 2. The number of alkyl halides is 8. The fraction of sp³-hybridized carbons (Fsp3) is 0.290. The summed E-state index contributed by atoms with van der Waals surface area (Å²) in [7, 11) is -4.96. The molecule has 0 spiro atoms. The zero-order chi connectivity index (χ0) is 81.0. The first-order valence-corrected chi connectivity index (χ1v) is 38.7. The number of hydrogen-bond acceptors (Lipinski definition) is 17. The molecule has 586 valence electrons. The van der Waals surface area contributed by atoms with Crippen molar-refractivity contribution in [3.8, 4) is 17.4 Å². The van der Waals surface area contributed by atoms with E-state index in [4.69, 9.17) is 23.2 Å². The summed E-state index contributed by atoms with van der Waals surface area (Å²) >= 11 is 16.4. The van der Waals surface area contributed by atoms with Crippen LogP contribution in [-0.2, 0) is 81.5 Å². The standard InChI is InChI=1S/C35H25ClF6N10O4S.C34H25BrClF6N9O4S/c1-50-28-23(4-3-21(36)26(28)32(48-50)49-57(2,55)56)52-33(46-31-19(34(52)54)7-15(11-43)12-44-31)22(8-14-5-16(37)9-17(38)6-14)45-24(53)13-51-29-25(27(47-51)30(39)40)18-10-20(18)35(29,41)42;1-49-27-22(4-3-20(36)25(27)31(47-49)48-56(2,54)55)51-32(45-30-18(33(51)53)8-14(35)11-43-30)21(7-13-5-15(37)9-16(38)6-13)44-23(52)12-50-28-24(26(46-50)29(39)40)17-10-19(17)34(28,41)42/h3-7,9,12,18,20,22,30H,8,10,13H2,1-2H3,(H,45,53)(H,48,49);3-6,8-9,11,17,19,21,29H,7,10,12H2,1-2H3,(H,44,52)(H,47,48)/t18-,20+,22?;17-,19+,21?/m00/s1. The molecule has 4 aromatic carbocycles. The van der Waals surface area contributed by atoms with Gasteiger partial charge in [0.1, 0.15) is 76.9 Å². The number of sulfonamides is 2. The van der Waals surface area contributed by atoms with Crippen LogP contribution in [0.3, 0.4) is 0 Å². The number of nitrogens with one attached hydrogen (secondary N) is 4. The highest BCUT2D eigenvalue weighted by Gasteiger charge is 2.68. The summed E-state index contributed by atoms with van der Waals surface area (Å²) in [5.74, 6) is -18.3. The quantitative estimate of drug-likeness (QED) is 0.0515. The van der Waals surface area contributed by atoms with Crippen molar-refractivity contribution in [1.82, 2.24) is 78.8 Å². The van der Waals surface area contributed by atoms with Crippen molar-refractivity contribution in [2.45, 2.75) is 87.4 Å². The SMILES string of the molecule is Cn1nc(NS(C)(=O)=O)c2c(Cl)ccc(-n3c(C(Cc4cc(F)cc(F)c4)NC(=O)Cn4nc(C(F)F)c5c4C(F)(F)[C@@H]4C[C@H]54)nc4ncc(Br)cc4c3=O)c21.Cn1nc(NS(C)(=O)=O)c2c(Cl)ccc(-n3c(C(Cc4cc(F)cc(F)c4)NC(=O)Cn4nc(C(F)F)c5c4C(F)(F)[C@@H]4C[C@H]54)nc4ncc(C#N)cc4c3=O)c21. The molecule has 0 radical (unpaired) electrons. The lowest BCUT2D eigenvalue weighted by Gasteiger charge is -2.24. The molecule has 27 nitrogen and oxygen atoms in total. The van der Waals surface area contributed by atoms with E-state index in [0.717, 1.165) is 52.1 Å². The van der Waals surface area contributed by atoms with Crippen LogP contribution in [0.2, 0.25) is 10.0 Å². The third kappa shape index (κ3) is 14.1. The molecule has 4 aliphatic carbocycles. The first-order valence-electron chi connectivity index (χ1n) is 33.4. The maximum absolute atomic E-state index is 15.4. The number of anilines is 2. The number of halogens is 15. The molecule has 113 heavy (non-hydrogen) atoms. The van der Waals surface area contributed by atoms with Crippen molar-refractivity contribution in [1.29, 1.82) is 5.26 Å². The Balaban J connectivity index is 0.000000178. The van der Waals surface area contributed by atoms with Crippen LogP contribution in [0.25, 0.3) is 55.2 Å². The number of rotatable bonds is 20. The van der Waals surface area contributed by atoms with Gasteiger partial charge in [0.05, 0.1) is 84.2 Å². The number of benzene rings is 4. The molecular weight excluding hydrogens is 1670 g/mol. The predicted molar refractivity (Wildman–Crippen MR) is 384 cm³/mol. The molecule has 16 rings (SSSR count). The molecule has 2 saturated carbocycles. The van der Waals surface area contributed by atoms with Crippen molar-refractivity contribution in [2.75, 3.05) is 22.0 Å². The van der Waals surface area contributed by atoms with Crippen LogP contribution in [0.1, 0.15) is 112 Å². The first kappa shape index (κ1) is 77.3. The lowest BCUT2D eigenvalue weighted by Crippen LogP contribution is -2.38. The molecule has 4 aliphatic rings. The van der Waals surface area contributed by atoms with Gasteiger partial charge in [0, 0.05) is 78.9 Å². The van der Waals surface area contributed by atoms with Crippen molar-refractivity contribution in [3.63, 3.8) is 0 Å². The van der Waals surface area contributed by atoms with Gasteiger partial charge in [0.25, 0.3) is 35.8 Å². The zero-order valence-corrected chi connectivity index (χ0v) is 62.6. The van der Waals surface area contributed by atoms with E-state index in [1.165, 1.54) is 66.1 Å². The monoisotopic (exact) mass is 1710 g/mol. The highest BCUT2D eigenvalue weighted by molar-refractivity contribution is 9.10. The fourth-order valence-electron chi connectivity index (χ4n) is 15.0. The van der Waals surface area contributed by atoms with E-state index in [1.807, 2.05) is 6.07 Å². The molecule has 6 atom stereocenters. The van der Waals surface area contributed by atoms with Crippen LogP contribution in [0.4, 0.5) is 64.3 Å². The lowest BCUT2D eigenvalue weighted by atomic mass is 10.0. The van der Waals surface area contributed by atoms with Gasteiger partial charge in [-0.05, 0) is 112 Å². The van der Waals surface area contributed by atoms with Gasteiger partial charge in [-0.25, -0.2) is 71.9 Å². The van der Waals surface area contributed by atoms with Crippen LogP contribution in [-0.4, -0.2) is 109 Å². The number of pyridine rings is 2. The second-order valence-electron chi connectivity index (χ2n) is 27.3. The predicted octanol–water partition coefficient (Wildman–Crippen LogP) is 11.5. The molecule has 44 heteroatoms. The van der Waals surface area contributed by atoms with Gasteiger partial charge in [0.15, 0.2) is 22.9 Å². The number of nitrogens with zero attached hydrogens (tertiary/aromatic N) is 15. The third-order valence-corrected chi connectivity index (χ3v) is 21.6. The van der Waals surface area contributed by atoms with Gasteiger partial charge in [-0.2, -0.15) is 43.2 Å². The average Bonchev–Trinajstić information content (AvgIpc) is 1.52. The Morgan fingerprint density at radius 1 is 0.602 bits per heavy atom. The Morgan fingerprint density at radius 2 is 0.991 bits per heavy atom. The van der Waals surface area contributed by atoms with E-state index >= 15 is 17.6 Å². The highest BCUT2D eigenvalue weighted by atomic mass is 79.9. The largest absolute Gasteiger partial charge is 0.344 e. The zero-order valence-electron chi connectivity index (χ0n) is 57.9. The van der Waals surface area contributed by atoms with E-state index in [2.05, 4.69) is 76.3 Å². The van der Waals surface area contributed by atoms with Gasteiger partial charge < -0.3 is 10.6 Å². The minimum absolute atomic E-state index is 0.0000883. The molecule has 4 N–H and O–H groups in total. The molecule has 8 aromatic heterocycles. The molecule has 2 fully saturated rings. The molecule has 0 bridgehead atoms. The van der Waals surface area contributed by atoms with Crippen molar-refractivity contribution < 1.29 is 79.1 Å². The summed E-state index contributed by atoms with van der Waals surface area (Å²) in [5, 5.41) is 30.5. The van der Waals surface area contributed by atoms with Crippen LogP contribution in [0, 0.1) is 46.4 Å². The average molecular weight is 1720 g/mol. The summed E-state index contributed by atoms with van der Waals surface area (Å²) in [5.41, 5.74) is -5.99. The topological polar surface area (TPSA) is 341 Å². The number of aryl methyl sites for hydroxylation is 2. The number of amides is 2. The fourth-order valence-corrected chi connectivity index (χ4v) is 16.8. The summed E-state index contributed by atoms with van der Waals surface area (Å²) in [4.78, 5) is 74.6. The third-order valence-electron chi connectivity index (χ3n) is 19.4.